The molecule has 6 nitrogen and oxygen atoms in total. The highest BCUT2D eigenvalue weighted by Crippen LogP contribution is 2.17. The first-order chi connectivity index (χ1) is 7.58. The molecule has 0 fully saturated rings. The zero-order valence-corrected chi connectivity index (χ0v) is 8.58. The summed E-state index contributed by atoms with van der Waals surface area (Å²) < 4.78 is 1.69. The summed E-state index contributed by atoms with van der Waals surface area (Å²) >= 11 is 0. The van der Waals surface area contributed by atoms with E-state index in [0.717, 1.165) is 5.69 Å². The van der Waals surface area contributed by atoms with Gasteiger partial charge in [0, 0.05) is 6.20 Å². The molecule has 3 N–H and O–H groups in total. The van der Waals surface area contributed by atoms with Crippen LogP contribution in [0, 0.1) is 6.92 Å². The van der Waals surface area contributed by atoms with Gasteiger partial charge in [-0.15, -0.1) is 0 Å². The summed E-state index contributed by atoms with van der Waals surface area (Å²) in [6.07, 6.45) is 4.80. The Morgan fingerprint density at radius 1 is 1.50 bits per heavy atom. The molecule has 82 valence electrons. The van der Waals surface area contributed by atoms with Crippen LogP contribution >= 0.6 is 0 Å². The summed E-state index contributed by atoms with van der Waals surface area (Å²) in [7, 11) is 0. The van der Waals surface area contributed by atoms with Gasteiger partial charge in [-0.05, 0) is 13.0 Å². The van der Waals surface area contributed by atoms with Crippen LogP contribution in [0.5, 0.6) is 5.88 Å². The lowest BCUT2D eigenvalue weighted by Gasteiger charge is -2.04. The number of nitrogens with two attached hydrogens (primary N) is 1. The summed E-state index contributed by atoms with van der Waals surface area (Å²) in [6.45, 7) is 1.85. The zero-order chi connectivity index (χ0) is 11.7. The summed E-state index contributed by atoms with van der Waals surface area (Å²) in [5, 5.41) is 9.32. The number of hydrogen-bond donors (Lipinski definition) is 2. The van der Waals surface area contributed by atoms with Crippen LogP contribution in [0.1, 0.15) is 16.1 Å². The molecule has 2 aromatic rings. The predicted octanol–water partition coefficient (Wildman–Crippen LogP) is 0.380. The molecule has 0 aliphatic rings. The van der Waals surface area contributed by atoms with Gasteiger partial charge in [-0.25, -0.2) is 9.97 Å². The number of pyridine rings is 1. The maximum atomic E-state index is 11.0. The Balaban J connectivity index is 2.51. The first-order valence-electron chi connectivity index (χ1n) is 4.57. The van der Waals surface area contributed by atoms with Crippen molar-refractivity contribution in [1.82, 2.24) is 14.5 Å². The van der Waals surface area contributed by atoms with Gasteiger partial charge in [-0.1, -0.05) is 0 Å². The molecule has 2 rings (SSSR count). The van der Waals surface area contributed by atoms with Gasteiger partial charge in [0.05, 0.1) is 23.9 Å². The van der Waals surface area contributed by atoms with Crippen molar-refractivity contribution in [2.75, 3.05) is 0 Å². The SMILES string of the molecule is Cc1cn(-c2cnc(O)c(C(N)=O)c2)cn1. The predicted molar refractivity (Wildman–Crippen MR) is 56.3 cm³/mol. The molecule has 16 heavy (non-hydrogen) atoms. The molecule has 0 aliphatic carbocycles. The normalized spacial score (nSPS) is 10.3. The third-order valence-corrected chi connectivity index (χ3v) is 2.13. The minimum Gasteiger partial charge on any atom is -0.493 e. The quantitative estimate of drug-likeness (QED) is 0.761. The Morgan fingerprint density at radius 3 is 2.81 bits per heavy atom. The van der Waals surface area contributed by atoms with Crippen molar-refractivity contribution in [1.29, 1.82) is 0 Å². The summed E-state index contributed by atoms with van der Waals surface area (Å²) in [5.41, 5.74) is 6.55. The van der Waals surface area contributed by atoms with E-state index in [1.54, 1.807) is 17.1 Å². The van der Waals surface area contributed by atoms with Gasteiger partial charge in [0.25, 0.3) is 5.91 Å². The van der Waals surface area contributed by atoms with E-state index in [9.17, 15) is 9.90 Å². The lowest BCUT2D eigenvalue weighted by molar-refractivity contribution is 0.0997. The summed E-state index contributed by atoms with van der Waals surface area (Å²) in [6, 6.07) is 1.46. The molecule has 0 unspecified atom stereocenters. The third-order valence-electron chi connectivity index (χ3n) is 2.13. The van der Waals surface area contributed by atoms with Crippen LogP contribution in [0.3, 0.4) is 0 Å². The molecule has 0 saturated heterocycles. The van der Waals surface area contributed by atoms with Crippen molar-refractivity contribution in [3.8, 4) is 11.6 Å². The number of amides is 1. The van der Waals surface area contributed by atoms with Crippen LogP contribution in [-0.4, -0.2) is 25.5 Å². The van der Waals surface area contributed by atoms with E-state index in [2.05, 4.69) is 9.97 Å². The maximum absolute atomic E-state index is 11.0. The zero-order valence-electron chi connectivity index (χ0n) is 8.58. The Morgan fingerprint density at radius 2 is 2.25 bits per heavy atom. The van der Waals surface area contributed by atoms with Gasteiger partial charge in [0.15, 0.2) is 0 Å². The fourth-order valence-electron chi connectivity index (χ4n) is 1.33. The largest absolute Gasteiger partial charge is 0.493 e. The summed E-state index contributed by atoms with van der Waals surface area (Å²) in [4.78, 5) is 18.7. The molecule has 2 aromatic heterocycles. The number of aromatic nitrogens is 3. The molecule has 0 aliphatic heterocycles. The highest BCUT2D eigenvalue weighted by molar-refractivity contribution is 5.95. The second kappa shape index (κ2) is 3.65. The third kappa shape index (κ3) is 1.72. The van der Waals surface area contributed by atoms with Gasteiger partial charge >= 0.3 is 0 Å². The maximum Gasteiger partial charge on any atom is 0.254 e. The molecular formula is C10H10N4O2. The summed E-state index contributed by atoms with van der Waals surface area (Å²) in [5.74, 6) is -1.09. The molecule has 0 radical (unpaired) electrons. The van der Waals surface area contributed by atoms with E-state index in [0.29, 0.717) is 5.69 Å². The highest BCUT2D eigenvalue weighted by atomic mass is 16.3. The van der Waals surface area contributed by atoms with Crippen LogP contribution in [0.4, 0.5) is 0 Å². The fourth-order valence-corrected chi connectivity index (χ4v) is 1.33. The van der Waals surface area contributed by atoms with Crippen molar-refractivity contribution in [2.45, 2.75) is 6.92 Å². The number of carbonyl (C=O) groups excluding carboxylic acids is 1. The van der Waals surface area contributed by atoms with Gasteiger partial charge in [-0.3, -0.25) is 4.79 Å². The Kier molecular flexibility index (Phi) is 2.32. The van der Waals surface area contributed by atoms with E-state index in [1.807, 2.05) is 6.92 Å². The number of aromatic hydroxyl groups is 1. The van der Waals surface area contributed by atoms with Gasteiger partial charge < -0.3 is 15.4 Å². The van der Waals surface area contributed by atoms with E-state index >= 15 is 0 Å². The van der Waals surface area contributed by atoms with Gasteiger partial charge in [-0.2, -0.15) is 0 Å². The standard InChI is InChI=1S/C10H10N4O2/c1-6-4-14(5-13-6)7-2-8(9(11)15)10(16)12-3-7/h2-5H,1H3,(H2,11,15)(H,12,16). The molecule has 1 amide bonds. The number of primary amides is 1. The van der Waals surface area contributed by atoms with Crippen molar-refractivity contribution >= 4 is 5.91 Å². The number of imidazole rings is 1. The van der Waals surface area contributed by atoms with E-state index < -0.39 is 5.91 Å². The Hall–Kier alpha value is -2.37. The average molecular weight is 218 g/mol. The number of carbonyl (C=O) groups is 1. The lowest BCUT2D eigenvalue weighted by Crippen LogP contribution is -2.12. The first-order valence-corrected chi connectivity index (χ1v) is 4.57. The number of nitrogens with zero attached hydrogens (tertiary/aromatic N) is 3. The van der Waals surface area contributed by atoms with Crippen molar-refractivity contribution in [3.05, 3.63) is 36.0 Å². The molecule has 0 atom stereocenters. The van der Waals surface area contributed by atoms with Crippen LogP contribution in [0.25, 0.3) is 5.69 Å². The highest BCUT2D eigenvalue weighted by Gasteiger charge is 2.10. The Labute approximate surface area is 91.4 Å². The second-order valence-electron chi connectivity index (χ2n) is 3.35. The molecule has 0 saturated carbocycles. The first kappa shape index (κ1) is 10.2. The Bertz CT molecular complexity index is 548. The minimum absolute atomic E-state index is 0.0103. The van der Waals surface area contributed by atoms with Gasteiger partial charge in [0.1, 0.15) is 5.56 Å². The minimum atomic E-state index is -0.719. The molecule has 0 aromatic carbocycles. The molecule has 0 bridgehead atoms. The molecule has 6 heteroatoms. The number of hydrogen-bond acceptors (Lipinski definition) is 4. The van der Waals surface area contributed by atoms with Gasteiger partial charge in [0.2, 0.25) is 5.88 Å². The van der Waals surface area contributed by atoms with Crippen LogP contribution in [0.2, 0.25) is 0 Å². The number of rotatable bonds is 2. The number of aryl methyl sites for hydroxylation is 1. The lowest BCUT2D eigenvalue weighted by atomic mass is 10.2. The molecule has 2 heterocycles. The van der Waals surface area contributed by atoms with Crippen molar-refractivity contribution in [3.63, 3.8) is 0 Å². The van der Waals surface area contributed by atoms with Crippen LogP contribution in [0.15, 0.2) is 24.8 Å². The van der Waals surface area contributed by atoms with E-state index in [1.165, 1.54) is 12.3 Å². The smallest absolute Gasteiger partial charge is 0.254 e. The van der Waals surface area contributed by atoms with Crippen molar-refractivity contribution < 1.29 is 9.90 Å². The fraction of sp³-hybridized carbons (Fsp3) is 0.100. The van der Waals surface area contributed by atoms with Crippen molar-refractivity contribution in [2.24, 2.45) is 5.73 Å². The van der Waals surface area contributed by atoms with E-state index in [-0.39, 0.29) is 11.4 Å². The molecular weight excluding hydrogens is 208 g/mol. The second-order valence-corrected chi connectivity index (χ2v) is 3.35. The molecule has 0 spiro atoms. The van der Waals surface area contributed by atoms with E-state index in [4.69, 9.17) is 5.73 Å². The van der Waals surface area contributed by atoms with Crippen LogP contribution in [-0.2, 0) is 0 Å². The topological polar surface area (TPSA) is 94.0 Å². The van der Waals surface area contributed by atoms with Crippen LogP contribution < -0.4 is 5.73 Å². The average Bonchev–Trinajstić information content (AvgIpc) is 2.65. The monoisotopic (exact) mass is 218 g/mol.